The van der Waals surface area contributed by atoms with Crippen molar-refractivity contribution in [2.24, 2.45) is 0 Å². The monoisotopic (exact) mass is 290 g/mol. The molecule has 0 saturated carbocycles. The maximum Gasteiger partial charge on any atom is 0.225 e. The summed E-state index contributed by atoms with van der Waals surface area (Å²) >= 11 is 5.67. The number of alkyl halides is 1. The van der Waals surface area contributed by atoms with Crippen LogP contribution in [0.25, 0.3) is 0 Å². The first-order valence-corrected chi connectivity index (χ1v) is 7.96. The number of nitrogens with zero attached hydrogens (tertiary/aromatic N) is 4. The lowest BCUT2D eigenvalue weighted by atomic mass is 10.3. The van der Waals surface area contributed by atoms with Crippen molar-refractivity contribution in [2.75, 3.05) is 37.3 Å². The fourth-order valence-electron chi connectivity index (χ4n) is 1.80. The Bertz CT molecular complexity index is 497. The Hall–Kier alpha value is -0.920. The van der Waals surface area contributed by atoms with Gasteiger partial charge in [-0.3, -0.25) is 0 Å². The predicted octanol–water partition coefficient (Wildman–Crippen LogP) is 0.297. The molecule has 1 saturated heterocycles. The van der Waals surface area contributed by atoms with Gasteiger partial charge in [-0.05, 0) is 0 Å². The SMILES string of the molecule is CS(=O)(=O)N1CCN(c2ncc(CCl)cn2)CC1. The molecule has 0 aliphatic carbocycles. The Morgan fingerprint density at radius 3 is 2.22 bits per heavy atom. The van der Waals surface area contributed by atoms with E-state index in [0.717, 1.165) is 5.56 Å². The minimum absolute atomic E-state index is 0.391. The van der Waals surface area contributed by atoms with Crippen molar-refractivity contribution in [3.8, 4) is 0 Å². The van der Waals surface area contributed by atoms with Gasteiger partial charge in [0.2, 0.25) is 16.0 Å². The fraction of sp³-hybridized carbons (Fsp3) is 0.600. The molecule has 100 valence electrons. The molecule has 0 amide bonds. The van der Waals surface area contributed by atoms with E-state index in [1.54, 1.807) is 12.4 Å². The maximum atomic E-state index is 11.4. The summed E-state index contributed by atoms with van der Waals surface area (Å²) in [5.41, 5.74) is 0.871. The van der Waals surface area contributed by atoms with Gasteiger partial charge < -0.3 is 4.90 Å². The molecule has 1 fully saturated rings. The normalized spacial score (nSPS) is 18.0. The number of halogens is 1. The van der Waals surface area contributed by atoms with Gasteiger partial charge in [-0.2, -0.15) is 4.31 Å². The third-order valence-electron chi connectivity index (χ3n) is 2.84. The third kappa shape index (κ3) is 3.09. The number of hydrogen-bond donors (Lipinski definition) is 0. The molecule has 1 aliphatic rings. The lowest BCUT2D eigenvalue weighted by Crippen LogP contribution is -2.48. The van der Waals surface area contributed by atoms with Gasteiger partial charge in [0.15, 0.2) is 0 Å². The predicted molar refractivity (Wildman–Crippen MR) is 70.2 cm³/mol. The minimum atomic E-state index is -3.09. The highest BCUT2D eigenvalue weighted by molar-refractivity contribution is 7.88. The molecule has 0 spiro atoms. The molecular formula is C10H15ClN4O2S. The topological polar surface area (TPSA) is 66.4 Å². The Labute approximate surface area is 112 Å². The largest absolute Gasteiger partial charge is 0.338 e. The molecule has 0 radical (unpaired) electrons. The summed E-state index contributed by atoms with van der Waals surface area (Å²) in [6.45, 7) is 2.15. The molecule has 0 N–H and O–H groups in total. The molecule has 6 nitrogen and oxygen atoms in total. The van der Waals surface area contributed by atoms with Crippen LogP contribution in [0.1, 0.15) is 5.56 Å². The molecule has 0 atom stereocenters. The van der Waals surface area contributed by atoms with Crippen LogP contribution < -0.4 is 4.90 Å². The van der Waals surface area contributed by atoms with E-state index < -0.39 is 10.0 Å². The number of piperazine rings is 1. The van der Waals surface area contributed by atoms with Crippen molar-refractivity contribution in [1.82, 2.24) is 14.3 Å². The molecule has 0 aromatic carbocycles. The summed E-state index contributed by atoms with van der Waals surface area (Å²) in [4.78, 5) is 10.4. The summed E-state index contributed by atoms with van der Waals surface area (Å²) in [6, 6.07) is 0. The quantitative estimate of drug-likeness (QED) is 0.749. The second-order valence-electron chi connectivity index (χ2n) is 4.17. The van der Waals surface area contributed by atoms with E-state index in [1.807, 2.05) is 4.90 Å². The Morgan fingerprint density at radius 1 is 1.22 bits per heavy atom. The zero-order valence-electron chi connectivity index (χ0n) is 10.1. The molecule has 2 rings (SSSR count). The molecule has 1 aliphatic heterocycles. The highest BCUT2D eigenvalue weighted by Gasteiger charge is 2.24. The average molecular weight is 291 g/mol. The highest BCUT2D eigenvalue weighted by Crippen LogP contribution is 2.13. The molecule has 2 heterocycles. The molecule has 8 heteroatoms. The first kappa shape index (κ1) is 13.5. The summed E-state index contributed by atoms with van der Waals surface area (Å²) in [6.07, 6.45) is 4.62. The van der Waals surface area contributed by atoms with Crippen molar-refractivity contribution in [1.29, 1.82) is 0 Å². The number of hydrogen-bond acceptors (Lipinski definition) is 5. The number of rotatable bonds is 3. The zero-order chi connectivity index (χ0) is 13.2. The van der Waals surface area contributed by atoms with Gasteiger partial charge in [0.05, 0.1) is 12.1 Å². The van der Waals surface area contributed by atoms with Crippen LogP contribution >= 0.6 is 11.6 Å². The van der Waals surface area contributed by atoms with Crippen molar-refractivity contribution in [3.05, 3.63) is 18.0 Å². The van der Waals surface area contributed by atoms with Gasteiger partial charge in [-0.15, -0.1) is 11.6 Å². The second kappa shape index (κ2) is 5.38. The lowest BCUT2D eigenvalue weighted by molar-refractivity contribution is 0.385. The van der Waals surface area contributed by atoms with Crippen molar-refractivity contribution >= 4 is 27.6 Å². The van der Waals surface area contributed by atoms with Gasteiger partial charge >= 0.3 is 0 Å². The van der Waals surface area contributed by atoms with Crippen molar-refractivity contribution < 1.29 is 8.42 Å². The molecule has 0 unspecified atom stereocenters. The molecular weight excluding hydrogens is 276 g/mol. The zero-order valence-corrected chi connectivity index (χ0v) is 11.7. The lowest BCUT2D eigenvalue weighted by Gasteiger charge is -2.33. The first-order chi connectivity index (χ1) is 8.50. The van der Waals surface area contributed by atoms with Gasteiger partial charge in [0.25, 0.3) is 0 Å². The molecule has 1 aromatic heterocycles. The third-order valence-corrected chi connectivity index (χ3v) is 4.45. The van der Waals surface area contributed by atoms with E-state index in [1.165, 1.54) is 10.6 Å². The average Bonchev–Trinajstić information content (AvgIpc) is 2.38. The summed E-state index contributed by atoms with van der Waals surface area (Å²) in [5, 5.41) is 0. The van der Waals surface area contributed by atoms with Crippen LogP contribution in [0.2, 0.25) is 0 Å². The number of sulfonamides is 1. The molecule has 1 aromatic rings. The standard InChI is InChI=1S/C10H15ClN4O2S/c1-18(16,17)15-4-2-14(3-5-15)10-12-7-9(6-11)8-13-10/h7-8H,2-6H2,1H3. The van der Waals surface area contributed by atoms with Gasteiger partial charge in [0.1, 0.15) is 0 Å². The van der Waals surface area contributed by atoms with Gasteiger partial charge in [-0.25, -0.2) is 18.4 Å². The van der Waals surface area contributed by atoms with Crippen molar-refractivity contribution in [2.45, 2.75) is 5.88 Å². The van der Waals surface area contributed by atoms with E-state index in [4.69, 9.17) is 11.6 Å². The Kier molecular flexibility index (Phi) is 4.04. The van der Waals surface area contributed by atoms with Gasteiger partial charge in [-0.1, -0.05) is 0 Å². The summed E-state index contributed by atoms with van der Waals surface area (Å²) in [5.74, 6) is 1.01. The van der Waals surface area contributed by atoms with Crippen LogP contribution in [0.15, 0.2) is 12.4 Å². The van der Waals surface area contributed by atoms with E-state index >= 15 is 0 Å². The van der Waals surface area contributed by atoms with E-state index in [9.17, 15) is 8.42 Å². The smallest absolute Gasteiger partial charge is 0.225 e. The van der Waals surface area contributed by atoms with Crippen LogP contribution in [0.3, 0.4) is 0 Å². The van der Waals surface area contributed by atoms with Crippen LogP contribution in [0.5, 0.6) is 0 Å². The van der Waals surface area contributed by atoms with Crippen LogP contribution in [0, 0.1) is 0 Å². The Balaban J connectivity index is 2.01. The van der Waals surface area contributed by atoms with Crippen LogP contribution in [0.4, 0.5) is 5.95 Å². The summed E-state index contributed by atoms with van der Waals surface area (Å²) < 4.78 is 24.2. The van der Waals surface area contributed by atoms with Crippen molar-refractivity contribution in [3.63, 3.8) is 0 Å². The summed E-state index contributed by atoms with van der Waals surface area (Å²) in [7, 11) is -3.09. The second-order valence-corrected chi connectivity index (χ2v) is 6.42. The van der Waals surface area contributed by atoms with E-state index in [-0.39, 0.29) is 0 Å². The first-order valence-electron chi connectivity index (χ1n) is 5.57. The van der Waals surface area contributed by atoms with E-state index in [2.05, 4.69) is 9.97 Å². The molecule has 18 heavy (non-hydrogen) atoms. The van der Waals surface area contributed by atoms with Crippen LogP contribution in [-0.2, 0) is 15.9 Å². The number of aromatic nitrogens is 2. The Morgan fingerprint density at radius 2 is 1.78 bits per heavy atom. The molecule has 0 bridgehead atoms. The van der Waals surface area contributed by atoms with Gasteiger partial charge in [0, 0.05) is 44.1 Å². The minimum Gasteiger partial charge on any atom is -0.338 e. The number of anilines is 1. The maximum absolute atomic E-state index is 11.4. The van der Waals surface area contributed by atoms with E-state index in [0.29, 0.717) is 38.0 Å². The van der Waals surface area contributed by atoms with Crippen LogP contribution in [-0.4, -0.2) is 55.1 Å². The fourth-order valence-corrected chi connectivity index (χ4v) is 2.76. The highest BCUT2D eigenvalue weighted by atomic mass is 35.5.